The van der Waals surface area contributed by atoms with Gasteiger partial charge in [0.1, 0.15) is 5.82 Å². The molecule has 3 rings (SSSR count). The van der Waals surface area contributed by atoms with E-state index in [1.807, 2.05) is 31.2 Å². The fourth-order valence-corrected chi connectivity index (χ4v) is 3.77. The second-order valence-electron chi connectivity index (χ2n) is 6.32. The lowest BCUT2D eigenvalue weighted by Crippen LogP contribution is -2.23. The first-order valence-corrected chi connectivity index (χ1v) is 10.0. The van der Waals surface area contributed by atoms with Crippen molar-refractivity contribution in [2.24, 2.45) is 0 Å². The van der Waals surface area contributed by atoms with Gasteiger partial charge in [0.2, 0.25) is 0 Å². The highest BCUT2D eigenvalue weighted by molar-refractivity contribution is 7.92. The van der Waals surface area contributed by atoms with Crippen molar-refractivity contribution in [3.8, 4) is 0 Å². The van der Waals surface area contributed by atoms with Crippen LogP contribution in [0, 0.1) is 12.7 Å². The molecule has 144 valence electrons. The third-order valence-electron chi connectivity index (χ3n) is 4.02. The first-order valence-electron chi connectivity index (χ1n) is 8.56. The number of benzene rings is 3. The van der Waals surface area contributed by atoms with Gasteiger partial charge in [-0.25, -0.2) is 12.8 Å². The molecule has 0 heterocycles. The number of carbonyl (C=O) groups is 1. The molecule has 28 heavy (non-hydrogen) atoms. The molecule has 0 bridgehead atoms. The highest BCUT2D eigenvalue weighted by Gasteiger charge is 2.17. The monoisotopic (exact) mass is 398 g/mol. The number of sulfonamides is 1. The fourth-order valence-electron chi connectivity index (χ4n) is 2.68. The molecule has 0 aliphatic heterocycles. The van der Waals surface area contributed by atoms with Gasteiger partial charge >= 0.3 is 0 Å². The average molecular weight is 398 g/mol. The summed E-state index contributed by atoms with van der Waals surface area (Å²) >= 11 is 0. The van der Waals surface area contributed by atoms with Crippen LogP contribution in [0.4, 0.5) is 10.1 Å². The number of hydrogen-bond donors (Lipinski definition) is 2. The van der Waals surface area contributed by atoms with E-state index in [2.05, 4.69) is 10.0 Å². The topological polar surface area (TPSA) is 75.3 Å². The van der Waals surface area contributed by atoms with Gasteiger partial charge in [-0.3, -0.25) is 9.52 Å². The van der Waals surface area contributed by atoms with Crippen molar-refractivity contribution in [3.63, 3.8) is 0 Å². The molecule has 0 aromatic heterocycles. The number of halogens is 1. The summed E-state index contributed by atoms with van der Waals surface area (Å²) in [6.45, 7) is 2.30. The second-order valence-corrected chi connectivity index (χ2v) is 8.00. The summed E-state index contributed by atoms with van der Waals surface area (Å²) in [4.78, 5) is 12.3. The number of anilines is 1. The smallest absolute Gasteiger partial charge is 0.261 e. The maximum absolute atomic E-state index is 13.3. The molecular formula is C21H19FN2O3S. The Morgan fingerprint density at radius 2 is 1.71 bits per heavy atom. The van der Waals surface area contributed by atoms with Gasteiger partial charge in [-0.05, 0) is 48.9 Å². The first-order chi connectivity index (χ1) is 13.3. The predicted molar refractivity (Wildman–Crippen MR) is 106 cm³/mol. The lowest BCUT2D eigenvalue weighted by molar-refractivity contribution is 0.0950. The van der Waals surface area contributed by atoms with E-state index in [9.17, 15) is 17.6 Å². The zero-order valence-corrected chi connectivity index (χ0v) is 16.0. The number of nitrogens with one attached hydrogen (secondary N) is 2. The van der Waals surface area contributed by atoms with Crippen molar-refractivity contribution >= 4 is 21.6 Å². The Labute approximate surface area is 163 Å². The molecule has 0 saturated heterocycles. The summed E-state index contributed by atoms with van der Waals surface area (Å²) in [5, 5.41) is 2.77. The molecule has 3 aromatic rings. The Kier molecular flexibility index (Phi) is 5.75. The summed E-state index contributed by atoms with van der Waals surface area (Å²) in [6, 6.07) is 18.6. The molecule has 0 spiro atoms. The van der Waals surface area contributed by atoms with E-state index in [4.69, 9.17) is 0 Å². The lowest BCUT2D eigenvalue weighted by atomic mass is 10.1. The minimum Gasteiger partial charge on any atom is -0.348 e. The fraction of sp³-hybridized carbons (Fsp3) is 0.0952. The molecule has 1 amide bonds. The van der Waals surface area contributed by atoms with Gasteiger partial charge in [0.05, 0.1) is 10.6 Å². The number of aryl methyl sites for hydroxylation is 1. The average Bonchev–Trinajstić information content (AvgIpc) is 2.66. The van der Waals surface area contributed by atoms with Gasteiger partial charge in [-0.2, -0.15) is 0 Å². The van der Waals surface area contributed by atoms with E-state index in [0.717, 1.165) is 17.2 Å². The first kappa shape index (κ1) is 19.6. The highest BCUT2D eigenvalue weighted by Crippen LogP contribution is 2.18. The summed E-state index contributed by atoms with van der Waals surface area (Å²) in [5.74, 6) is -0.936. The standard InChI is InChI=1S/C21H19FN2O3S/c1-15-5-2-6-16(11-15)14-23-21(25)17-7-3-10-20(12-17)28(26,27)24-19-9-4-8-18(22)13-19/h2-13,24H,14H2,1H3,(H,23,25). The van der Waals surface area contributed by atoms with Crippen LogP contribution >= 0.6 is 0 Å². The van der Waals surface area contributed by atoms with Gasteiger partial charge in [-0.15, -0.1) is 0 Å². The number of carbonyl (C=O) groups excluding carboxylic acids is 1. The van der Waals surface area contributed by atoms with Gasteiger partial charge in [-0.1, -0.05) is 42.0 Å². The Morgan fingerprint density at radius 3 is 2.46 bits per heavy atom. The van der Waals surface area contributed by atoms with Crippen molar-refractivity contribution in [2.75, 3.05) is 4.72 Å². The Bertz CT molecular complexity index is 1110. The third kappa shape index (κ3) is 4.95. The van der Waals surface area contributed by atoms with Gasteiger partial charge in [0.15, 0.2) is 0 Å². The van der Waals surface area contributed by atoms with E-state index < -0.39 is 15.8 Å². The van der Waals surface area contributed by atoms with Gasteiger partial charge in [0, 0.05) is 12.1 Å². The Balaban J connectivity index is 1.74. The Morgan fingerprint density at radius 1 is 0.964 bits per heavy atom. The summed E-state index contributed by atoms with van der Waals surface area (Å²) in [6.07, 6.45) is 0. The largest absolute Gasteiger partial charge is 0.348 e. The van der Waals surface area contributed by atoms with Crippen molar-refractivity contribution < 1.29 is 17.6 Å². The van der Waals surface area contributed by atoms with Crippen molar-refractivity contribution in [1.82, 2.24) is 5.32 Å². The van der Waals surface area contributed by atoms with Crippen LogP contribution in [0.25, 0.3) is 0 Å². The van der Waals surface area contributed by atoms with Crippen LogP contribution < -0.4 is 10.0 Å². The van der Waals surface area contributed by atoms with E-state index >= 15 is 0 Å². The normalized spacial score (nSPS) is 11.1. The molecule has 0 fully saturated rings. The number of hydrogen-bond acceptors (Lipinski definition) is 3. The zero-order valence-electron chi connectivity index (χ0n) is 15.1. The van der Waals surface area contributed by atoms with Crippen molar-refractivity contribution in [2.45, 2.75) is 18.4 Å². The molecule has 7 heteroatoms. The van der Waals surface area contributed by atoms with E-state index in [-0.39, 0.29) is 22.1 Å². The SMILES string of the molecule is Cc1cccc(CNC(=O)c2cccc(S(=O)(=O)Nc3cccc(F)c3)c2)c1. The lowest BCUT2D eigenvalue weighted by Gasteiger charge is -2.10. The predicted octanol–water partition coefficient (Wildman–Crippen LogP) is 3.86. The summed E-state index contributed by atoms with van der Waals surface area (Å²) in [5.41, 5.74) is 2.36. The minimum absolute atomic E-state index is 0.0834. The van der Waals surface area contributed by atoms with Crippen LogP contribution in [-0.2, 0) is 16.6 Å². The van der Waals surface area contributed by atoms with Crippen LogP contribution in [-0.4, -0.2) is 14.3 Å². The third-order valence-corrected chi connectivity index (χ3v) is 5.40. The maximum atomic E-state index is 13.3. The van der Waals surface area contributed by atoms with Crippen LogP contribution in [0.1, 0.15) is 21.5 Å². The zero-order chi connectivity index (χ0) is 20.1. The van der Waals surface area contributed by atoms with Gasteiger partial charge in [0.25, 0.3) is 15.9 Å². The molecule has 0 unspecified atom stereocenters. The van der Waals surface area contributed by atoms with E-state index in [1.165, 1.54) is 42.5 Å². The molecule has 0 saturated carbocycles. The van der Waals surface area contributed by atoms with Crippen LogP contribution in [0.3, 0.4) is 0 Å². The molecule has 0 atom stereocenters. The van der Waals surface area contributed by atoms with Crippen LogP contribution in [0.2, 0.25) is 0 Å². The molecule has 5 nitrogen and oxygen atoms in total. The maximum Gasteiger partial charge on any atom is 0.261 e. The molecule has 0 aliphatic carbocycles. The molecular weight excluding hydrogens is 379 g/mol. The van der Waals surface area contributed by atoms with Crippen molar-refractivity contribution in [1.29, 1.82) is 0 Å². The summed E-state index contributed by atoms with van der Waals surface area (Å²) < 4.78 is 40.7. The molecule has 2 N–H and O–H groups in total. The quantitative estimate of drug-likeness (QED) is 0.662. The molecule has 0 aliphatic rings. The van der Waals surface area contributed by atoms with Crippen LogP contribution in [0.5, 0.6) is 0 Å². The second kappa shape index (κ2) is 8.22. The number of rotatable bonds is 6. The highest BCUT2D eigenvalue weighted by atomic mass is 32.2. The number of amides is 1. The molecule has 3 aromatic carbocycles. The van der Waals surface area contributed by atoms with Crippen LogP contribution in [0.15, 0.2) is 77.7 Å². The Hall–Kier alpha value is -3.19. The summed E-state index contributed by atoms with van der Waals surface area (Å²) in [7, 11) is -3.96. The van der Waals surface area contributed by atoms with E-state index in [0.29, 0.717) is 6.54 Å². The van der Waals surface area contributed by atoms with Crippen molar-refractivity contribution in [3.05, 3.63) is 95.3 Å². The molecule has 0 radical (unpaired) electrons. The minimum atomic E-state index is -3.96. The van der Waals surface area contributed by atoms with E-state index in [1.54, 1.807) is 0 Å². The van der Waals surface area contributed by atoms with Gasteiger partial charge < -0.3 is 5.32 Å².